The zero-order valence-electron chi connectivity index (χ0n) is 17.0. The summed E-state index contributed by atoms with van der Waals surface area (Å²) in [6.07, 6.45) is 9.46. The molecule has 0 bridgehead atoms. The number of nitrogens with one attached hydrogen (secondary N) is 1. The molecule has 1 unspecified atom stereocenters. The van der Waals surface area contributed by atoms with Crippen LogP contribution in [0.25, 0.3) is 11.4 Å². The predicted octanol–water partition coefficient (Wildman–Crippen LogP) is 0.895. The fraction of sp³-hybridized carbons (Fsp3) is 0.364. The molecular formula is C22H22N6O3. The lowest BCUT2D eigenvalue weighted by molar-refractivity contribution is -0.134. The molecule has 0 aromatic carbocycles. The molecule has 4 heterocycles. The Morgan fingerprint density at radius 2 is 2.10 bits per heavy atom. The van der Waals surface area contributed by atoms with E-state index in [0.29, 0.717) is 30.9 Å². The third-order valence-electron chi connectivity index (χ3n) is 6.32. The van der Waals surface area contributed by atoms with E-state index in [9.17, 15) is 14.4 Å². The summed E-state index contributed by atoms with van der Waals surface area (Å²) in [6, 6.07) is 5.30. The van der Waals surface area contributed by atoms with Gasteiger partial charge in [0.2, 0.25) is 5.91 Å². The maximum atomic E-state index is 13.0. The van der Waals surface area contributed by atoms with E-state index in [1.807, 2.05) is 6.07 Å². The average molecular weight is 418 g/mol. The molecule has 2 aliphatic rings. The Hall–Kier alpha value is -3.62. The summed E-state index contributed by atoms with van der Waals surface area (Å²) < 4.78 is 1.32. The van der Waals surface area contributed by atoms with Crippen LogP contribution in [0.5, 0.6) is 0 Å². The maximum Gasteiger partial charge on any atom is 0.347 e. The number of fused-ring (bicyclic) bond motifs is 2. The minimum atomic E-state index is -0.442. The smallest absolute Gasteiger partial charge is 0.340 e. The molecule has 31 heavy (non-hydrogen) atoms. The molecule has 1 fully saturated rings. The Kier molecular flexibility index (Phi) is 4.72. The summed E-state index contributed by atoms with van der Waals surface area (Å²) >= 11 is 0. The van der Waals surface area contributed by atoms with Crippen molar-refractivity contribution in [2.45, 2.75) is 37.6 Å². The highest BCUT2D eigenvalue weighted by atomic mass is 16.2. The number of hydrogen-bond acceptors (Lipinski definition) is 6. The molecule has 1 aliphatic heterocycles. The van der Waals surface area contributed by atoms with Crippen molar-refractivity contribution < 1.29 is 4.79 Å². The van der Waals surface area contributed by atoms with Crippen LogP contribution in [-0.2, 0) is 23.2 Å². The molecular weight excluding hydrogens is 396 g/mol. The van der Waals surface area contributed by atoms with Crippen molar-refractivity contribution >= 4 is 5.91 Å². The Labute approximate surface area is 177 Å². The molecule has 1 aliphatic carbocycles. The fourth-order valence-corrected chi connectivity index (χ4v) is 4.79. The van der Waals surface area contributed by atoms with Crippen molar-refractivity contribution in [1.82, 2.24) is 29.4 Å². The number of nitrogens with zero attached hydrogens (tertiary/aromatic N) is 5. The van der Waals surface area contributed by atoms with Gasteiger partial charge in [-0.05, 0) is 43.9 Å². The molecule has 1 N–H and O–H groups in total. The van der Waals surface area contributed by atoms with Crippen LogP contribution in [0.1, 0.15) is 30.5 Å². The summed E-state index contributed by atoms with van der Waals surface area (Å²) in [5.41, 5.74) is 1.36. The van der Waals surface area contributed by atoms with E-state index in [2.05, 4.69) is 15.0 Å². The van der Waals surface area contributed by atoms with Gasteiger partial charge in [0.05, 0.1) is 5.69 Å². The van der Waals surface area contributed by atoms with Crippen LogP contribution < -0.4 is 11.2 Å². The number of carbonyl (C=O) groups is 1. The van der Waals surface area contributed by atoms with Gasteiger partial charge in [-0.15, -0.1) is 0 Å². The first-order valence-corrected chi connectivity index (χ1v) is 10.4. The number of carbonyl (C=O) groups excluding carboxylic acids is 1. The van der Waals surface area contributed by atoms with E-state index < -0.39 is 5.69 Å². The standard InChI is InChI=1S/C22H22N6O3/c29-17(13-27-11-3-9-24-21(27)31)28-10-2-6-22(14-28)7-5-16-18(22)25-19(26-20(16)30)15-4-1-8-23-12-15/h1,3-4,8-9,11-12H,2,5-7,10,13-14H2,(H,25,26,30). The number of aromatic amines is 1. The summed E-state index contributed by atoms with van der Waals surface area (Å²) in [5.74, 6) is 0.378. The van der Waals surface area contributed by atoms with Crippen molar-refractivity contribution in [3.05, 3.63) is 75.1 Å². The van der Waals surface area contributed by atoms with Crippen molar-refractivity contribution in [3.63, 3.8) is 0 Å². The van der Waals surface area contributed by atoms with Gasteiger partial charge in [0, 0.05) is 54.4 Å². The molecule has 1 spiro atoms. The molecule has 5 rings (SSSR count). The van der Waals surface area contributed by atoms with Crippen LogP contribution in [0.4, 0.5) is 0 Å². The first-order valence-electron chi connectivity index (χ1n) is 10.4. The number of aromatic nitrogens is 5. The van der Waals surface area contributed by atoms with Gasteiger partial charge in [0.1, 0.15) is 12.4 Å². The largest absolute Gasteiger partial charge is 0.347 e. The quantitative estimate of drug-likeness (QED) is 0.676. The maximum absolute atomic E-state index is 13.0. The van der Waals surface area contributed by atoms with Gasteiger partial charge in [-0.2, -0.15) is 0 Å². The van der Waals surface area contributed by atoms with Crippen molar-refractivity contribution in [1.29, 1.82) is 0 Å². The van der Waals surface area contributed by atoms with Crippen molar-refractivity contribution in [2.75, 3.05) is 13.1 Å². The molecule has 9 heteroatoms. The molecule has 0 saturated carbocycles. The van der Waals surface area contributed by atoms with E-state index in [-0.39, 0.29) is 23.4 Å². The van der Waals surface area contributed by atoms with Crippen LogP contribution >= 0.6 is 0 Å². The van der Waals surface area contributed by atoms with Gasteiger partial charge in [0.25, 0.3) is 5.56 Å². The van der Waals surface area contributed by atoms with Gasteiger partial charge >= 0.3 is 5.69 Å². The summed E-state index contributed by atoms with van der Waals surface area (Å²) in [5, 5.41) is 0. The topological polar surface area (TPSA) is 114 Å². The number of hydrogen-bond donors (Lipinski definition) is 1. The van der Waals surface area contributed by atoms with E-state index in [4.69, 9.17) is 4.98 Å². The summed E-state index contributed by atoms with van der Waals surface area (Å²) in [6.45, 7) is 1.08. The van der Waals surface area contributed by atoms with E-state index in [1.54, 1.807) is 35.6 Å². The number of H-pyrrole nitrogens is 1. The van der Waals surface area contributed by atoms with Gasteiger partial charge in [0.15, 0.2) is 0 Å². The first kappa shape index (κ1) is 19.3. The molecule has 1 amide bonds. The third-order valence-corrected chi connectivity index (χ3v) is 6.32. The predicted molar refractivity (Wildman–Crippen MR) is 112 cm³/mol. The van der Waals surface area contributed by atoms with E-state index in [0.717, 1.165) is 30.5 Å². The van der Waals surface area contributed by atoms with Crippen LogP contribution in [0.2, 0.25) is 0 Å². The van der Waals surface area contributed by atoms with Crippen molar-refractivity contribution in [3.8, 4) is 11.4 Å². The van der Waals surface area contributed by atoms with Crippen molar-refractivity contribution in [2.24, 2.45) is 0 Å². The normalized spacial score (nSPS) is 20.1. The van der Waals surface area contributed by atoms with Crippen LogP contribution in [0.3, 0.4) is 0 Å². The lowest BCUT2D eigenvalue weighted by atomic mass is 9.77. The van der Waals surface area contributed by atoms with Gasteiger partial charge in [-0.1, -0.05) is 0 Å². The second-order valence-corrected chi connectivity index (χ2v) is 8.21. The molecule has 9 nitrogen and oxygen atoms in total. The monoisotopic (exact) mass is 418 g/mol. The first-order chi connectivity index (χ1) is 15.1. The Morgan fingerprint density at radius 3 is 2.90 bits per heavy atom. The number of rotatable bonds is 3. The number of likely N-dealkylation sites (tertiary alicyclic amines) is 1. The fourth-order valence-electron chi connectivity index (χ4n) is 4.79. The molecule has 3 aromatic rings. The second kappa shape index (κ2) is 7.57. The number of pyridine rings is 1. The minimum Gasteiger partial charge on any atom is -0.340 e. The van der Waals surface area contributed by atoms with E-state index >= 15 is 0 Å². The lowest BCUT2D eigenvalue weighted by Gasteiger charge is -2.40. The van der Waals surface area contributed by atoms with Crippen LogP contribution in [-0.4, -0.2) is 48.4 Å². The second-order valence-electron chi connectivity index (χ2n) is 8.21. The van der Waals surface area contributed by atoms with Gasteiger partial charge in [-0.25, -0.2) is 14.8 Å². The number of piperidine rings is 1. The van der Waals surface area contributed by atoms with E-state index in [1.165, 1.54) is 10.8 Å². The van der Waals surface area contributed by atoms with Crippen LogP contribution in [0, 0.1) is 0 Å². The molecule has 3 aromatic heterocycles. The molecule has 1 saturated heterocycles. The molecule has 158 valence electrons. The SMILES string of the molecule is O=C(Cn1cccnc1=O)N1CCCC2(CCc3c2nc(-c2cccnc2)[nH]c3=O)C1. The minimum absolute atomic E-state index is 0.0423. The van der Waals surface area contributed by atoms with Crippen LogP contribution in [0.15, 0.2) is 52.6 Å². The Bertz CT molecular complexity index is 1250. The Morgan fingerprint density at radius 1 is 1.19 bits per heavy atom. The summed E-state index contributed by atoms with van der Waals surface area (Å²) in [4.78, 5) is 55.0. The number of amides is 1. The highest BCUT2D eigenvalue weighted by Gasteiger charge is 2.45. The van der Waals surface area contributed by atoms with Gasteiger partial charge in [-0.3, -0.25) is 19.1 Å². The highest BCUT2D eigenvalue weighted by molar-refractivity contribution is 5.76. The molecule has 0 radical (unpaired) electrons. The lowest BCUT2D eigenvalue weighted by Crippen LogP contribution is -2.49. The molecule has 1 atom stereocenters. The van der Waals surface area contributed by atoms with Gasteiger partial charge < -0.3 is 9.88 Å². The third kappa shape index (κ3) is 3.45. The average Bonchev–Trinajstić information content (AvgIpc) is 3.14. The zero-order chi connectivity index (χ0) is 21.4. The zero-order valence-corrected chi connectivity index (χ0v) is 17.0. The Balaban J connectivity index is 1.46. The highest BCUT2D eigenvalue weighted by Crippen LogP contribution is 2.43. The summed E-state index contributed by atoms with van der Waals surface area (Å²) in [7, 11) is 0.